The molecule has 2 nitrogen and oxygen atoms in total. The molecule has 1 rings (SSSR count). The van der Waals surface area contributed by atoms with E-state index in [-0.39, 0.29) is 0 Å². The summed E-state index contributed by atoms with van der Waals surface area (Å²) < 4.78 is 0. The van der Waals surface area contributed by atoms with Crippen LogP contribution in [0.15, 0.2) is 0 Å². The molecule has 1 N–H and O–H groups in total. The summed E-state index contributed by atoms with van der Waals surface area (Å²) in [5, 5.41) is 3.47. The van der Waals surface area contributed by atoms with Gasteiger partial charge in [0.1, 0.15) is 0 Å². The van der Waals surface area contributed by atoms with Gasteiger partial charge in [-0.15, -0.1) is 0 Å². The summed E-state index contributed by atoms with van der Waals surface area (Å²) >= 11 is 0. The molecule has 0 radical (unpaired) electrons. The maximum absolute atomic E-state index is 3.47. The van der Waals surface area contributed by atoms with Gasteiger partial charge in [-0.3, -0.25) is 0 Å². The van der Waals surface area contributed by atoms with Crippen LogP contribution in [0.2, 0.25) is 0 Å². The maximum Gasteiger partial charge on any atom is 0.00103 e. The number of unbranched alkanes of at least 4 members (excludes halogenated alkanes) is 1. The predicted molar refractivity (Wildman–Crippen MR) is 67.1 cm³/mol. The van der Waals surface area contributed by atoms with Crippen LogP contribution < -0.4 is 5.32 Å². The number of hydrogen-bond donors (Lipinski definition) is 1. The van der Waals surface area contributed by atoms with Crippen molar-refractivity contribution in [3.8, 4) is 0 Å². The minimum atomic E-state index is 0.636. The molecule has 0 aliphatic carbocycles. The van der Waals surface area contributed by atoms with Gasteiger partial charge in [-0.05, 0) is 37.8 Å². The quantitative estimate of drug-likeness (QED) is 0.680. The average Bonchev–Trinajstić information content (AvgIpc) is 2.45. The van der Waals surface area contributed by atoms with E-state index in [0.29, 0.717) is 6.04 Å². The van der Waals surface area contributed by atoms with E-state index in [1.807, 2.05) is 0 Å². The van der Waals surface area contributed by atoms with Gasteiger partial charge in [-0.25, -0.2) is 0 Å². The van der Waals surface area contributed by atoms with Crippen LogP contribution in [-0.4, -0.2) is 37.1 Å². The van der Waals surface area contributed by atoms with Gasteiger partial charge in [0.15, 0.2) is 0 Å². The molecule has 0 bridgehead atoms. The van der Waals surface area contributed by atoms with Gasteiger partial charge in [0.25, 0.3) is 0 Å². The van der Waals surface area contributed by atoms with E-state index in [2.05, 4.69) is 37.9 Å². The zero-order chi connectivity index (χ0) is 11.3. The van der Waals surface area contributed by atoms with E-state index in [1.165, 1.54) is 39.0 Å². The topological polar surface area (TPSA) is 15.3 Å². The summed E-state index contributed by atoms with van der Waals surface area (Å²) in [4.78, 5) is 2.63. The Hall–Kier alpha value is -0.0800. The highest BCUT2D eigenvalue weighted by molar-refractivity contribution is 4.78. The van der Waals surface area contributed by atoms with Crippen LogP contribution >= 0.6 is 0 Å². The first-order valence-electron chi connectivity index (χ1n) is 6.55. The highest BCUT2D eigenvalue weighted by Gasteiger charge is 2.24. The second kappa shape index (κ2) is 6.49. The van der Waals surface area contributed by atoms with Crippen molar-refractivity contribution in [2.24, 2.45) is 11.8 Å². The van der Waals surface area contributed by atoms with Crippen LogP contribution in [0.25, 0.3) is 0 Å². The van der Waals surface area contributed by atoms with Crippen LogP contribution in [0.3, 0.4) is 0 Å². The predicted octanol–water partition coefficient (Wildman–Crippen LogP) is 2.35. The molecule has 0 aromatic rings. The SMILES string of the molecule is CC(C)NCCCCN1CC(C)C(C)C1. The van der Waals surface area contributed by atoms with Gasteiger partial charge < -0.3 is 10.2 Å². The molecule has 1 aliphatic rings. The maximum atomic E-state index is 3.47. The lowest BCUT2D eigenvalue weighted by molar-refractivity contribution is 0.314. The normalized spacial score (nSPS) is 27.8. The molecule has 0 saturated carbocycles. The molecule has 1 heterocycles. The van der Waals surface area contributed by atoms with Crippen molar-refractivity contribution in [2.45, 2.75) is 46.6 Å². The fourth-order valence-electron chi connectivity index (χ4n) is 2.28. The van der Waals surface area contributed by atoms with E-state index in [9.17, 15) is 0 Å². The van der Waals surface area contributed by atoms with Crippen LogP contribution in [0, 0.1) is 11.8 Å². The number of rotatable bonds is 6. The van der Waals surface area contributed by atoms with E-state index in [1.54, 1.807) is 0 Å². The largest absolute Gasteiger partial charge is 0.315 e. The van der Waals surface area contributed by atoms with Crippen molar-refractivity contribution in [1.29, 1.82) is 0 Å². The Morgan fingerprint density at radius 3 is 2.27 bits per heavy atom. The fourth-order valence-corrected chi connectivity index (χ4v) is 2.28. The Bertz CT molecular complexity index is 158. The molecule has 2 atom stereocenters. The second-order valence-electron chi connectivity index (χ2n) is 5.53. The van der Waals surface area contributed by atoms with Crippen molar-refractivity contribution < 1.29 is 0 Å². The van der Waals surface area contributed by atoms with Crippen LogP contribution in [-0.2, 0) is 0 Å². The van der Waals surface area contributed by atoms with Crippen LogP contribution in [0.1, 0.15) is 40.5 Å². The lowest BCUT2D eigenvalue weighted by Crippen LogP contribution is -2.26. The summed E-state index contributed by atoms with van der Waals surface area (Å²) in [6, 6.07) is 0.636. The highest BCUT2D eigenvalue weighted by Crippen LogP contribution is 2.21. The second-order valence-corrected chi connectivity index (χ2v) is 5.53. The smallest absolute Gasteiger partial charge is 0.00103 e. The Labute approximate surface area is 95.4 Å². The van der Waals surface area contributed by atoms with Gasteiger partial charge >= 0.3 is 0 Å². The molecule has 90 valence electrons. The summed E-state index contributed by atoms with van der Waals surface area (Å²) in [6.07, 6.45) is 2.66. The molecule has 2 unspecified atom stereocenters. The molecule has 1 aliphatic heterocycles. The summed E-state index contributed by atoms with van der Waals surface area (Å²) in [5.41, 5.74) is 0. The lowest BCUT2D eigenvalue weighted by atomic mass is 10.0. The van der Waals surface area contributed by atoms with Crippen molar-refractivity contribution in [2.75, 3.05) is 26.2 Å². The van der Waals surface area contributed by atoms with Gasteiger partial charge in [0.2, 0.25) is 0 Å². The molecular weight excluding hydrogens is 184 g/mol. The summed E-state index contributed by atoms with van der Waals surface area (Å²) in [5.74, 6) is 1.80. The zero-order valence-electron chi connectivity index (χ0n) is 10.9. The van der Waals surface area contributed by atoms with Gasteiger partial charge in [-0.1, -0.05) is 27.7 Å². The molecule has 1 fully saturated rings. The van der Waals surface area contributed by atoms with E-state index >= 15 is 0 Å². The molecule has 0 amide bonds. The third kappa shape index (κ3) is 4.98. The van der Waals surface area contributed by atoms with E-state index in [0.717, 1.165) is 11.8 Å². The minimum absolute atomic E-state index is 0.636. The molecule has 0 aromatic carbocycles. The summed E-state index contributed by atoms with van der Waals surface area (Å²) in [6.45, 7) is 14.3. The van der Waals surface area contributed by atoms with Crippen molar-refractivity contribution in [1.82, 2.24) is 10.2 Å². The first-order valence-corrected chi connectivity index (χ1v) is 6.55. The monoisotopic (exact) mass is 212 g/mol. The molecule has 2 heteroatoms. The third-order valence-electron chi connectivity index (χ3n) is 3.52. The molecular formula is C13H28N2. The average molecular weight is 212 g/mol. The van der Waals surface area contributed by atoms with Crippen molar-refractivity contribution >= 4 is 0 Å². The number of nitrogens with one attached hydrogen (secondary N) is 1. The Kier molecular flexibility index (Phi) is 5.62. The standard InChI is InChI=1S/C13H28N2/c1-11(2)14-7-5-6-8-15-9-12(3)13(4)10-15/h11-14H,5-10H2,1-4H3. The van der Waals surface area contributed by atoms with Gasteiger partial charge in [0, 0.05) is 19.1 Å². The zero-order valence-corrected chi connectivity index (χ0v) is 10.9. The van der Waals surface area contributed by atoms with Crippen LogP contribution in [0.4, 0.5) is 0 Å². The first kappa shape index (κ1) is 13.0. The Balaban J connectivity index is 1.97. The molecule has 0 spiro atoms. The third-order valence-corrected chi connectivity index (χ3v) is 3.52. The molecule has 1 saturated heterocycles. The van der Waals surface area contributed by atoms with Crippen LogP contribution in [0.5, 0.6) is 0 Å². The van der Waals surface area contributed by atoms with Crippen molar-refractivity contribution in [3.63, 3.8) is 0 Å². The fraction of sp³-hybridized carbons (Fsp3) is 1.00. The summed E-state index contributed by atoms with van der Waals surface area (Å²) in [7, 11) is 0. The number of nitrogens with zero attached hydrogens (tertiary/aromatic N) is 1. The Morgan fingerprint density at radius 2 is 1.73 bits per heavy atom. The van der Waals surface area contributed by atoms with E-state index < -0.39 is 0 Å². The first-order chi connectivity index (χ1) is 7.09. The molecule has 0 aromatic heterocycles. The molecule has 15 heavy (non-hydrogen) atoms. The van der Waals surface area contributed by atoms with E-state index in [4.69, 9.17) is 0 Å². The van der Waals surface area contributed by atoms with Gasteiger partial charge in [-0.2, -0.15) is 0 Å². The minimum Gasteiger partial charge on any atom is -0.315 e. The lowest BCUT2D eigenvalue weighted by Gasteiger charge is -2.15. The highest BCUT2D eigenvalue weighted by atomic mass is 15.1. The van der Waals surface area contributed by atoms with Crippen molar-refractivity contribution in [3.05, 3.63) is 0 Å². The number of likely N-dealkylation sites (tertiary alicyclic amines) is 1. The number of hydrogen-bond acceptors (Lipinski definition) is 2. The van der Waals surface area contributed by atoms with Gasteiger partial charge in [0.05, 0.1) is 0 Å². The Morgan fingerprint density at radius 1 is 1.13 bits per heavy atom.